The van der Waals surface area contributed by atoms with E-state index in [-0.39, 0.29) is 26.3 Å². The van der Waals surface area contributed by atoms with E-state index in [9.17, 15) is 19.5 Å². The van der Waals surface area contributed by atoms with Crippen LogP contribution in [-0.4, -0.2) is 66.2 Å². The van der Waals surface area contributed by atoms with Gasteiger partial charge in [-0.1, -0.05) is 90.7 Å². The van der Waals surface area contributed by atoms with Crippen LogP contribution in [0.5, 0.6) is 5.75 Å². The first kappa shape index (κ1) is 36.0. The summed E-state index contributed by atoms with van der Waals surface area (Å²) in [5, 5.41) is 17.8. The topological polar surface area (TPSA) is 172 Å². The number of aliphatic hydroxyl groups excluding tert-OH is 1. The molecule has 12 nitrogen and oxygen atoms in total. The number of nitrogens with one attached hydrogen (secondary N) is 3. The van der Waals surface area contributed by atoms with E-state index in [1.165, 1.54) is 6.08 Å². The predicted octanol–water partition coefficient (Wildman–Crippen LogP) is 3.65. The van der Waals surface area contributed by atoms with Crippen LogP contribution in [0, 0.1) is 17.8 Å². The van der Waals surface area contributed by atoms with Crippen molar-refractivity contribution in [3.8, 4) is 17.6 Å². The van der Waals surface area contributed by atoms with E-state index in [1.54, 1.807) is 30.3 Å². The number of esters is 1. The third-order valence-electron chi connectivity index (χ3n) is 10.2. The first-order valence-corrected chi connectivity index (χ1v) is 17.6. The number of nitrogens with zero attached hydrogens (tertiary/aromatic N) is 1. The van der Waals surface area contributed by atoms with Crippen LogP contribution in [0.15, 0.2) is 116 Å². The first-order valence-electron chi connectivity index (χ1n) is 17.6. The number of carbonyl (C=O) groups excluding carboxylic acids is 4. The van der Waals surface area contributed by atoms with Crippen LogP contribution in [0.4, 0.5) is 10.5 Å². The summed E-state index contributed by atoms with van der Waals surface area (Å²) in [6.45, 7) is 3.77. The van der Waals surface area contributed by atoms with Gasteiger partial charge in [0, 0.05) is 17.8 Å². The number of aliphatic hydroxyl groups is 1. The minimum atomic E-state index is -1.69. The van der Waals surface area contributed by atoms with Crippen molar-refractivity contribution in [3.05, 3.63) is 144 Å². The molecule has 4 aromatic carbocycles. The lowest BCUT2D eigenvalue weighted by Gasteiger charge is -2.46. The van der Waals surface area contributed by atoms with E-state index < -0.39 is 59.4 Å². The molecule has 0 radical (unpaired) electrons. The van der Waals surface area contributed by atoms with Crippen LogP contribution in [-0.2, 0) is 24.5 Å². The van der Waals surface area contributed by atoms with Gasteiger partial charge in [0.1, 0.15) is 29.9 Å². The van der Waals surface area contributed by atoms with Gasteiger partial charge in [-0.3, -0.25) is 19.3 Å². The number of amides is 4. The van der Waals surface area contributed by atoms with Gasteiger partial charge in [0.2, 0.25) is 11.8 Å². The molecule has 3 heterocycles. The molecule has 6 N–H and O–H groups in total. The molecule has 3 aliphatic rings. The van der Waals surface area contributed by atoms with Crippen molar-refractivity contribution in [2.75, 3.05) is 31.6 Å². The van der Waals surface area contributed by atoms with E-state index >= 15 is 4.79 Å². The average molecular weight is 726 g/mol. The van der Waals surface area contributed by atoms with Gasteiger partial charge in [-0.15, -0.1) is 6.58 Å². The van der Waals surface area contributed by atoms with Crippen LogP contribution in [0.3, 0.4) is 0 Å². The fourth-order valence-electron chi connectivity index (χ4n) is 8.14. The van der Waals surface area contributed by atoms with Crippen molar-refractivity contribution in [1.29, 1.82) is 0 Å². The van der Waals surface area contributed by atoms with Gasteiger partial charge in [-0.05, 0) is 52.6 Å². The number of anilines is 1. The lowest BCUT2D eigenvalue weighted by atomic mass is 9.65. The maximum absolute atomic E-state index is 15.1. The van der Waals surface area contributed by atoms with Gasteiger partial charge in [-0.25, -0.2) is 4.79 Å². The number of rotatable bonds is 10. The lowest BCUT2D eigenvalue weighted by Crippen LogP contribution is -2.54. The molecule has 0 aromatic heterocycles. The Labute approximate surface area is 312 Å². The SMILES string of the molecule is C=CCNC(=O)[C@H]1[C@@H]2C(=O)O[C@@H](c3ccccc3)[C@@H](c3ccccc3)N2[C@@H](c2ccc(OCCO)cc2)[C@]12C(=O)Nc1ccc(C#CCNC(N)=O)cc12. The zero-order chi connectivity index (χ0) is 37.8. The van der Waals surface area contributed by atoms with Crippen molar-refractivity contribution in [1.82, 2.24) is 15.5 Å². The quantitative estimate of drug-likeness (QED) is 0.0937. The highest BCUT2D eigenvalue weighted by molar-refractivity contribution is 6.12. The molecule has 1 spiro atoms. The molecular formula is C42H39N5O7. The Bertz CT molecular complexity index is 2130. The number of hydrogen-bond acceptors (Lipinski definition) is 8. The van der Waals surface area contributed by atoms with Crippen molar-refractivity contribution >= 4 is 29.5 Å². The molecule has 6 atom stereocenters. The molecule has 0 aliphatic carbocycles. The summed E-state index contributed by atoms with van der Waals surface area (Å²) in [5.74, 6) is 3.48. The smallest absolute Gasteiger partial charge is 0.324 e. The van der Waals surface area contributed by atoms with Crippen molar-refractivity contribution < 1.29 is 33.8 Å². The van der Waals surface area contributed by atoms with E-state index in [0.717, 1.165) is 11.1 Å². The highest BCUT2D eigenvalue weighted by Crippen LogP contribution is 2.64. The zero-order valence-corrected chi connectivity index (χ0v) is 29.2. The van der Waals surface area contributed by atoms with E-state index in [0.29, 0.717) is 28.1 Å². The highest BCUT2D eigenvalue weighted by Gasteiger charge is 2.74. The third kappa shape index (κ3) is 6.33. The monoisotopic (exact) mass is 725 g/mol. The second kappa shape index (κ2) is 15.3. The summed E-state index contributed by atoms with van der Waals surface area (Å²) in [6, 6.07) is 27.9. The van der Waals surface area contributed by atoms with Gasteiger partial charge < -0.3 is 36.3 Å². The van der Waals surface area contributed by atoms with Gasteiger partial charge in [-0.2, -0.15) is 0 Å². The summed E-state index contributed by atoms with van der Waals surface area (Å²) in [5.41, 5.74) is 7.20. The van der Waals surface area contributed by atoms with E-state index in [1.807, 2.05) is 77.7 Å². The Balaban J connectivity index is 1.51. The Hall–Kier alpha value is -6.42. The normalized spacial score (nSPS) is 23.9. The van der Waals surface area contributed by atoms with E-state index in [4.69, 9.17) is 15.2 Å². The molecule has 54 heavy (non-hydrogen) atoms. The predicted molar refractivity (Wildman–Crippen MR) is 200 cm³/mol. The van der Waals surface area contributed by atoms with E-state index in [2.05, 4.69) is 34.4 Å². The number of nitrogens with two attached hydrogens (primary N) is 1. The number of ether oxygens (including phenoxy) is 2. The second-order valence-electron chi connectivity index (χ2n) is 13.2. The Morgan fingerprint density at radius 2 is 1.65 bits per heavy atom. The molecule has 2 saturated heterocycles. The number of cyclic esters (lactones) is 1. The molecule has 3 aliphatic heterocycles. The molecule has 4 amide bonds. The van der Waals surface area contributed by atoms with Gasteiger partial charge >= 0.3 is 12.0 Å². The molecule has 274 valence electrons. The minimum Gasteiger partial charge on any atom is -0.491 e. The number of carbonyl (C=O) groups is 4. The van der Waals surface area contributed by atoms with Crippen molar-refractivity contribution in [2.45, 2.75) is 29.6 Å². The van der Waals surface area contributed by atoms with Crippen molar-refractivity contribution in [3.63, 3.8) is 0 Å². The summed E-state index contributed by atoms with van der Waals surface area (Å²) < 4.78 is 12.1. The second-order valence-corrected chi connectivity index (χ2v) is 13.2. The number of morpholine rings is 1. The zero-order valence-electron chi connectivity index (χ0n) is 29.2. The van der Waals surface area contributed by atoms with Crippen LogP contribution < -0.4 is 26.4 Å². The van der Waals surface area contributed by atoms with Gasteiger partial charge in [0.05, 0.1) is 31.2 Å². The molecule has 4 aromatic rings. The molecule has 7 rings (SSSR count). The maximum atomic E-state index is 15.1. The standard InChI is InChI=1S/C42H39N5O7/c1-2-21-44-38(49)33-35-39(50)54-36(28-13-7-4-8-14-28)34(27-11-5-3-6-12-27)47(35)37(29-16-18-30(19-17-29)53-24-23-48)42(33)31-25-26(10-9-22-45-41(43)52)15-20-32(31)46-40(42)51/h2-8,11-20,25,33-37,48H,1,21-24H2,(H,44,49)(H,46,51)(H3,43,45,52)/t33-,34-,35-,36+,37+,42-/m1/s1. The molecule has 0 bridgehead atoms. The maximum Gasteiger partial charge on any atom is 0.324 e. The Kier molecular flexibility index (Phi) is 10.2. The fraction of sp³-hybridized carbons (Fsp3) is 0.238. The summed E-state index contributed by atoms with van der Waals surface area (Å²) in [7, 11) is 0. The summed E-state index contributed by atoms with van der Waals surface area (Å²) >= 11 is 0. The van der Waals surface area contributed by atoms with Crippen LogP contribution in [0.2, 0.25) is 0 Å². The van der Waals surface area contributed by atoms with Gasteiger partial charge in [0.15, 0.2) is 0 Å². The molecule has 2 fully saturated rings. The molecular weight excluding hydrogens is 686 g/mol. The highest BCUT2D eigenvalue weighted by atomic mass is 16.6. The van der Waals surface area contributed by atoms with Crippen LogP contribution in [0.1, 0.15) is 46.0 Å². The third-order valence-corrected chi connectivity index (χ3v) is 10.2. The Morgan fingerprint density at radius 1 is 0.944 bits per heavy atom. The summed E-state index contributed by atoms with van der Waals surface area (Å²) in [4.78, 5) is 57.8. The first-order chi connectivity index (χ1) is 26.3. The fourth-order valence-corrected chi connectivity index (χ4v) is 8.14. The number of fused-ring (bicyclic) bond motifs is 3. The van der Waals surface area contributed by atoms with Crippen LogP contribution >= 0.6 is 0 Å². The average Bonchev–Trinajstić information content (AvgIpc) is 3.67. The molecule has 12 heteroatoms. The Morgan fingerprint density at radius 3 is 2.31 bits per heavy atom. The molecule has 0 saturated carbocycles. The number of primary amides is 1. The lowest BCUT2D eigenvalue weighted by molar-refractivity contribution is -0.178. The van der Waals surface area contributed by atoms with Crippen LogP contribution in [0.25, 0.3) is 0 Å². The minimum absolute atomic E-state index is 0.00399. The number of hydrogen-bond donors (Lipinski definition) is 5. The van der Waals surface area contributed by atoms with Gasteiger partial charge in [0.25, 0.3) is 0 Å². The van der Waals surface area contributed by atoms with Crippen molar-refractivity contribution in [2.24, 2.45) is 11.7 Å². The molecule has 0 unspecified atom stereocenters. The summed E-state index contributed by atoms with van der Waals surface area (Å²) in [6.07, 6.45) is 0.728. The number of benzene rings is 4. The number of urea groups is 1. The largest absolute Gasteiger partial charge is 0.491 e.